The predicted octanol–water partition coefficient (Wildman–Crippen LogP) is 1.56. The van der Waals surface area contributed by atoms with Crippen molar-refractivity contribution in [2.75, 3.05) is 38.1 Å². The maximum Gasteiger partial charge on any atom is 0.335 e. The molecule has 0 unspecified atom stereocenters. The second-order valence-electron chi connectivity index (χ2n) is 4.15. The Hall–Kier alpha value is -1.26. The standard InChI is InChI=1S/C12H16N2O2.ClH/c1-13-5-7-14(8-6-13)11-4-2-3-10(9-11)12(15)16;/h2-4,9H,5-8H2,1H3,(H,15,16);1H. The molecule has 0 radical (unpaired) electrons. The Kier molecular flexibility index (Phi) is 4.78. The maximum atomic E-state index is 10.9. The minimum atomic E-state index is -0.865. The van der Waals surface area contributed by atoms with Crippen LogP contribution in [0.3, 0.4) is 0 Å². The first-order chi connectivity index (χ1) is 7.66. The number of hydrogen-bond donors (Lipinski definition) is 1. The zero-order valence-electron chi connectivity index (χ0n) is 9.80. The number of nitrogens with zero attached hydrogens (tertiary/aromatic N) is 2. The molecule has 0 aliphatic carbocycles. The molecule has 0 spiro atoms. The van der Waals surface area contributed by atoms with Gasteiger partial charge in [0.1, 0.15) is 0 Å². The van der Waals surface area contributed by atoms with Crippen molar-refractivity contribution in [3.05, 3.63) is 29.8 Å². The smallest absolute Gasteiger partial charge is 0.335 e. The van der Waals surface area contributed by atoms with E-state index < -0.39 is 5.97 Å². The SMILES string of the molecule is CN1CCN(c2cccc(C(=O)O)c2)CC1.Cl. The third kappa shape index (κ3) is 3.35. The molecule has 1 fully saturated rings. The Morgan fingerprint density at radius 2 is 1.88 bits per heavy atom. The average Bonchev–Trinajstić information content (AvgIpc) is 2.30. The van der Waals surface area contributed by atoms with Crippen molar-refractivity contribution in [2.24, 2.45) is 0 Å². The highest BCUT2D eigenvalue weighted by Gasteiger charge is 2.15. The van der Waals surface area contributed by atoms with Gasteiger partial charge in [-0.05, 0) is 25.2 Å². The first kappa shape index (κ1) is 13.8. The zero-order chi connectivity index (χ0) is 11.5. The van der Waals surface area contributed by atoms with Gasteiger partial charge in [-0.1, -0.05) is 6.07 Å². The normalized spacial score (nSPS) is 16.4. The fourth-order valence-electron chi connectivity index (χ4n) is 1.90. The fraction of sp³-hybridized carbons (Fsp3) is 0.417. The molecular formula is C12H17ClN2O2. The number of carboxylic acid groups (broad SMARTS) is 1. The van der Waals surface area contributed by atoms with Gasteiger partial charge >= 0.3 is 5.97 Å². The molecule has 0 atom stereocenters. The highest BCUT2D eigenvalue weighted by Crippen LogP contribution is 2.17. The summed E-state index contributed by atoms with van der Waals surface area (Å²) < 4.78 is 0. The molecule has 17 heavy (non-hydrogen) atoms. The summed E-state index contributed by atoms with van der Waals surface area (Å²) in [6.07, 6.45) is 0. The van der Waals surface area contributed by atoms with Gasteiger partial charge < -0.3 is 14.9 Å². The van der Waals surface area contributed by atoms with Crippen molar-refractivity contribution in [3.8, 4) is 0 Å². The van der Waals surface area contributed by atoms with Crippen LogP contribution in [-0.4, -0.2) is 49.2 Å². The molecule has 1 aromatic rings. The van der Waals surface area contributed by atoms with E-state index in [1.807, 2.05) is 6.07 Å². The van der Waals surface area contributed by atoms with Crippen LogP contribution in [-0.2, 0) is 0 Å². The third-order valence-corrected chi connectivity index (χ3v) is 2.96. The van der Waals surface area contributed by atoms with Gasteiger partial charge in [-0.2, -0.15) is 0 Å². The number of carbonyl (C=O) groups is 1. The number of aromatic carboxylic acids is 1. The molecule has 0 bridgehead atoms. The minimum absolute atomic E-state index is 0. The second kappa shape index (κ2) is 5.89. The van der Waals surface area contributed by atoms with Gasteiger partial charge in [0.2, 0.25) is 0 Å². The maximum absolute atomic E-state index is 10.9. The number of benzene rings is 1. The number of rotatable bonds is 2. The van der Waals surface area contributed by atoms with E-state index in [1.165, 1.54) is 0 Å². The van der Waals surface area contributed by atoms with Crippen molar-refractivity contribution in [2.45, 2.75) is 0 Å². The van der Waals surface area contributed by atoms with E-state index in [9.17, 15) is 4.79 Å². The first-order valence-corrected chi connectivity index (χ1v) is 5.43. The Balaban J connectivity index is 0.00000144. The number of halogens is 1. The summed E-state index contributed by atoms with van der Waals surface area (Å²) in [6, 6.07) is 7.14. The zero-order valence-corrected chi connectivity index (χ0v) is 10.6. The van der Waals surface area contributed by atoms with Gasteiger partial charge in [-0.3, -0.25) is 0 Å². The summed E-state index contributed by atoms with van der Waals surface area (Å²) >= 11 is 0. The van der Waals surface area contributed by atoms with E-state index in [0.717, 1.165) is 31.9 Å². The molecule has 1 saturated heterocycles. The molecule has 0 amide bonds. The highest BCUT2D eigenvalue weighted by molar-refractivity contribution is 5.88. The van der Waals surface area contributed by atoms with Gasteiger partial charge in [0.25, 0.3) is 0 Å². The molecular weight excluding hydrogens is 240 g/mol. The Labute approximate surface area is 107 Å². The van der Waals surface area contributed by atoms with Crippen LogP contribution in [0.25, 0.3) is 0 Å². The predicted molar refractivity (Wildman–Crippen MR) is 70.4 cm³/mol. The highest BCUT2D eigenvalue weighted by atomic mass is 35.5. The number of anilines is 1. The third-order valence-electron chi connectivity index (χ3n) is 2.96. The van der Waals surface area contributed by atoms with E-state index in [-0.39, 0.29) is 12.4 Å². The van der Waals surface area contributed by atoms with Crippen LogP contribution in [0.15, 0.2) is 24.3 Å². The molecule has 1 N–H and O–H groups in total. The van der Waals surface area contributed by atoms with Crippen molar-refractivity contribution >= 4 is 24.1 Å². The largest absolute Gasteiger partial charge is 0.478 e. The lowest BCUT2D eigenvalue weighted by atomic mass is 10.1. The van der Waals surface area contributed by atoms with Crippen LogP contribution >= 0.6 is 12.4 Å². The molecule has 1 heterocycles. The van der Waals surface area contributed by atoms with Gasteiger partial charge in [0, 0.05) is 31.9 Å². The lowest BCUT2D eigenvalue weighted by Crippen LogP contribution is -2.44. The minimum Gasteiger partial charge on any atom is -0.478 e. The Bertz CT molecular complexity index is 390. The molecule has 0 saturated carbocycles. The second-order valence-corrected chi connectivity index (χ2v) is 4.15. The summed E-state index contributed by atoms with van der Waals surface area (Å²) in [5.41, 5.74) is 1.37. The Morgan fingerprint density at radius 1 is 1.24 bits per heavy atom. The van der Waals surface area contributed by atoms with Crippen molar-refractivity contribution < 1.29 is 9.90 Å². The molecule has 0 aromatic heterocycles. The lowest BCUT2D eigenvalue weighted by Gasteiger charge is -2.34. The van der Waals surface area contributed by atoms with Crippen molar-refractivity contribution in [3.63, 3.8) is 0 Å². The summed E-state index contributed by atoms with van der Waals surface area (Å²) in [6.45, 7) is 3.97. The van der Waals surface area contributed by atoms with Gasteiger partial charge in [0.15, 0.2) is 0 Å². The summed E-state index contributed by atoms with van der Waals surface area (Å²) in [5.74, 6) is -0.865. The van der Waals surface area contributed by atoms with Crippen LogP contribution in [0, 0.1) is 0 Å². The first-order valence-electron chi connectivity index (χ1n) is 5.43. The molecule has 94 valence electrons. The topological polar surface area (TPSA) is 43.8 Å². The number of piperazine rings is 1. The quantitative estimate of drug-likeness (QED) is 0.872. The Morgan fingerprint density at radius 3 is 2.47 bits per heavy atom. The van der Waals surface area contributed by atoms with E-state index in [0.29, 0.717) is 5.56 Å². The van der Waals surface area contributed by atoms with E-state index in [2.05, 4.69) is 16.8 Å². The molecule has 5 heteroatoms. The molecule has 2 rings (SSSR count). The van der Waals surface area contributed by atoms with Crippen LogP contribution in [0.2, 0.25) is 0 Å². The molecule has 1 aliphatic rings. The van der Waals surface area contributed by atoms with Crippen molar-refractivity contribution in [1.82, 2.24) is 4.90 Å². The van der Waals surface area contributed by atoms with Crippen LogP contribution in [0.5, 0.6) is 0 Å². The van der Waals surface area contributed by atoms with E-state index in [4.69, 9.17) is 5.11 Å². The van der Waals surface area contributed by atoms with Gasteiger partial charge in [-0.25, -0.2) is 4.79 Å². The summed E-state index contributed by atoms with van der Waals surface area (Å²) in [5, 5.41) is 8.92. The molecule has 1 aliphatic heterocycles. The van der Waals surface area contributed by atoms with Crippen LogP contribution in [0.1, 0.15) is 10.4 Å². The van der Waals surface area contributed by atoms with Gasteiger partial charge in [-0.15, -0.1) is 12.4 Å². The lowest BCUT2D eigenvalue weighted by molar-refractivity contribution is 0.0697. The van der Waals surface area contributed by atoms with E-state index >= 15 is 0 Å². The van der Waals surface area contributed by atoms with Crippen LogP contribution in [0.4, 0.5) is 5.69 Å². The fourth-order valence-corrected chi connectivity index (χ4v) is 1.90. The monoisotopic (exact) mass is 256 g/mol. The van der Waals surface area contributed by atoms with Gasteiger partial charge in [0.05, 0.1) is 5.56 Å². The number of likely N-dealkylation sites (N-methyl/N-ethyl adjacent to an activating group) is 1. The molecule has 1 aromatic carbocycles. The molecule has 4 nitrogen and oxygen atoms in total. The average molecular weight is 257 g/mol. The number of carboxylic acids is 1. The van der Waals surface area contributed by atoms with Crippen molar-refractivity contribution in [1.29, 1.82) is 0 Å². The summed E-state index contributed by atoms with van der Waals surface area (Å²) in [7, 11) is 2.10. The van der Waals surface area contributed by atoms with Crippen LogP contribution < -0.4 is 4.90 Å². The van der Waals surface area contributed by atoms with E-state index in [1.54, 1.807) is 18.2 Å². The number of hydrogen-bond acceptors (Lipinski definition) is 3. The summed E-state index contributed by atoms with van der Waals surface area (Å²) in [4.78, 5) is 15.4.